The molecule has 2 aliphatic heterocycles. The summed E-state index contributed by atoms with van der Waals surface area (Å²) in [4.78, 5) is 29.0. The fourth-order valence-corrected chi connectivity index (χ4v) is 2.45. The molecule has 8 nitrogen and oxygen atoms in total. The van der Waals surface area contributed by atoms with Gasteiger partial charge in [-0.1, -0.05) is 0 Å². The van der Waals surface area contributed by atoms with E-state index in [2.05, 4.69) is 10.3 Å². The van der Waals surface area contributed by atoms with Gasteiger partial charge in [0.05, 0.1) is 6.54 Å². The van der Waals surface area contributed by atoms with Crippen molar-refractivity contribution in [3.8, 4) is 5.75 Å². The van der Waals surface area contributed by atoms with Gasteiger partial charge in [-0.15, -0.1) is 0 Å². The van der Waals surface area contributed by atoms with Crippen molar-refractivity contribution < 1.29 is 24.2 Å². The number of carbonyl (C=O) groups excluding carboxylic acids is 2. The molecule has 22 heavy (non-hydrogen) atoms. The first-order valence-electron chi connectivity index (χ1n) is 7.20. The van der Waals surface area contributed by atoms with Crippen molar-refractivity contribution in [2.45, 2.75) is 25.4 Å². The van der Waals surface area contributed by atoms with Gasteiger partial charge in [0.15, 0.2) is 18.2 Å². The largest absolute Gasteiger partial charge is 0.480 e. The first-order chi connectivity index (χ1) is 10.7. The number of hydrogen-bond donors (Lipinski definition) is 2. The van der Waals surface area contributed by atoms with Crippen molar-refractivity contribution in [1.82, 2.24) is 4.98 Å². The van der Waals surface area contributed by atoms with E-state index in [4.69, 9.17) is 14.6 Å². The van der Waals surface area contributed by atoms with Gasteiger partial charge in [0, 0.05) is 6.61 Å². The van der Waals surface area contributed by atoms with E-state index >= 15 is 0 Å². The summed E-state index contributed by atoms with van der Waals surface area (Å²) < 4.78 is 10.5. The predicted octanol–water partition coefficient (Wildman–Crippen LogP) is 0.900. The SMILES string of the molecule is O=C1COc2ccc(N3CC(CCCCO)OC3=O)nc2N1. The van der Waals surface area contributed by atoms with E-state index in [1.807, 2.05) is 0 Å². The van der Waals surface area contributed by atoms with Crippen LogP contribution in [0, 0.1) is 0 Å². The van der Waals surface area contributed by atoms with Crippen LogP contribution in [0.1, 0.15) is 19.3 Å². The third-order valence-corrected chi connectivity index (χ3v) is 3.54. The van der Waals surface area contributed by atoms with Gasteiger partial charge in [-0.2, -0.15) is 0 Å². The molecule has 1 unspecified atom stereocenters. The second-order valence-electron chi connectivity index (χ2n) is 5.19. The monoisotopic (exact) mass is 307 g/mol. The van der Waals surface area contributed by atoms with Crippen LogP contribution in [0.5, 0.6) is 5.75 Å². The lowest BCUT2D eigenvalue weighted by molar-refractivity contribution is -0.118. The highest BCUT2D eigenvalue weighted by molar-refractivity contribution is 5.95. The van der Waals surface area contributed by atoms with E-state index in [9.17, 15) is 9.59 Å². The summed E-state index contributed by atoms with van der Waals surface area (Å²) in [6.07, 6.45) is 1.53. The number of rotatable bonds is 5. The zero-order valence-electron chi connectivity index (χ0n) is 11.9. The highest BCUT2D eigenvalue weighted by atomic mass is 16.6. The number of fused-ring (bicyclic) bond motifs is 1. The number of anilines is 2. The van der Waals surface area contributed by atoms with E-state index in [0.29, 0.717) is 36.8 Å². The predicted molar refractivity (Wildman–Crippen MR) is 76.9 cm³/mol. The van der Waals surface area contributed by atoms with Crippen LogP contribution in [0.4, 0.5) is 16.4 Å². The molecule has 1 aromatic heterocycles. The van der Waals surface area contributed by atoms with E-state index in [-0.39, 0.29) is 25.2 Å². The Morgan fingerprint density at radius 2 is 2.23 bits per heavy atom. The van der Waals surface area contributed by atoms with Crippen LogP contribution in [0.2, 0.25) is 0 Å². The number of nitrogens with one attached hydrogen (secondary N) is 1. The molecule has 0 bridgehead atoms. The van der Waals surface area contributed by atoms with Gasteiger partial charge < -0.3 is 19.9 Å². The molecule has 8 heteroatoms. The van der Waals surface area contributed by atoms with Crippen LogP contribution < -0.4 is 15.0 Å². The van der Waals surface area contributed by atoms with Gasteiger partial charge in [0.25, 0.3) is 5.91 Å². The summed E-state index contributed by atoms with van der Waals surface area (Å²) in [5.41, 5.74) is 0. The smallest absolute Gasteiger partial charge is 0.415 e. The molecule has 0 radical (unpaired) electrons. The van der Waals surface area contributed by atoms with Gasteiger partial charge in [-0.25, -0.2) is 9.78 Å². The lowest BCUT2D eigenvalue weighted by Gasteiger charge is -2.19. The number of amides is 2. The summed E-state index contributed by atoms with van der Waals surface area (Å²) >= 11 is 0. The van der Waals surface area contributed by atoms with E-state index in [0.717, 1.165) is 6.42 Å². The van der Waals surface area contributed by atoms with E-state index in [1.165, 1.54) is 4.90 Å². The molecule has 2 aliphatic rings. The Kier molecular flexibility index (Phi) is 4.10. The maximum absolute atomic E-state index is 11.9. The maximum Gasteiger partial charge on any atom is 0.415 e. The number of unbranched alkanes of at least 4 members (excludes halogenated alkanes) is 1. The molecule has 0 spiro atoms. The number of aliphatic hydroxyl groups is 1. The molecule has 1 saturated heterocycles. The molecule has 2 amide bonds. The second kappa shape index (κ2) is 6.18. The number of carbonyl (C=O) groups is 2. The zero-order valence-corrected chi connectivity index (χ0v) is 11.9. The molecule has 0 saturated carbocycles. The fourth-order valence-electron chi connectivity index (χ4n) is 2.45. The summed E-state index contributed by atoms with van der Waals surface area (Å²) in [7, 11) is 0. The number of hydrogen-bond acceptors (Lipinski definition) is 6. The molecule has 118 valence electrons. The average Bonchev–Trinajstić information content (AvgIpc) is 2.87. The van der Waals surface area contributed by atoms with E-state index < -0.39 is 6.09 Å². The standard InChI is InChI=1S/C14H17N3O5/c18-6-2-1-3-9-7-17(14(20)22-9)11-5-4-10-13(15-11)16-12(19)8-21-10/h4-5,9,18H,1-3,6-8H2,(H,15,16,19). The van der Waals surface area contributed by atoms with Crippen LogP contribution in [-0.2, 0) is 9.53 Å². The molecule has 1 atom stereocenters. The molecular formula is C14H17N3O5. The van der Waals surface area contributed by atoms with Crippen LogP contribution in [-0.4, -0.2) is 48.0 Å². The lowest BCUT2D eigenvalue weighted by Crippen LogP contribution is -2.29. The first-order valence-corrected chi connectivity index (χ1v) is 7.20. The van der Waals surface area contributed by atoms with Crippen LogP contribution >= 0.6 is 0 Å². The zero-order chi connectivity index (χ0) is 15.5. The minimum atomic E-state index is -0.454. The van der Waals surface area contributed by atoms with Gasteiger partial charge in [-0.3, -0.25) is 9.69 Å². The van der Waals surface area contributed by atoms with Gasteiger partial charge in [0.2, 0.25) is 0 Å². The average molecular weight is 307 g/mol. The Morgan fingerprint density at radius 1 is 1.36 bits per heavy atom. The number of aromatic nitrogens is 1. The normalized spacial score (nSPS) is 20.2. The van der Waals surface area contributed by atoms with Gasteiger partial charge in [-0.05, 0) is 31.4 Å². The fraction of sp³-hybridized carbons (Fsp3) is 0.500. The molecule has 0 aliphatic carbocycles. The van der Waals surface area contributed by atoms with Crippen molar-refractivity contribution >= 4 is 23.6 Å². The highest BCUT2D eigenvalue weighted by Gasteiger charge is 2.33. The Balaban J connectivity index is 1.70. The molecule has 0 aromatic carbocycles. The van der Waals surface area contributed by atoms with Crippen molar-refractivity contribution in [2.75, 3.05) is 30.0 Å². The Labute approximate surface area is 127 Å². The third-order valence-electron chi connectivity index (χ3n) is 3.54. The van der Waals surface area contributed by atoms with Crippen LogP contribution in [0.3, 0.4) is 0 Å². The first kappa shape index (κ1) is 14.6. The quantitative estimate of drug-likeness (QED) is 0.784. The summed E-state index contributed by atoms with van der Waals surface area (Å²) in [5, 5.41) is 11.4. The number of pyridine rings is 1. The summed E-state index contributed by atoms with van der Waals surface area (Å²) in [6, 6.07) is 3.33. The number of cyclic esters (lactones) is 1. The van der Waals surface area contributed by atoms with Gasteiger partial charge in [0.1, 0.15) is 11.9 Å². The van der Waals surface area contributed by atoms with Crippen molar-refractivity contribution in [3.63, 3.8) is 0 Å². The molecule has 1 fully saturated rings. The van der Waals surface area contributed by atoms with Crippen molar-refractivity contribution in [2.24, 2.45) is 0 Å². The Bertz CT molecular complexity index is 592. The molecule has 2 N–H and O–H groups in total. The second-order valence-corrected chi connectivity index (χ2v) is 5.19. The molecule has 1 aromatic rings. The minimum Gasteiger partial charge on any atom is -0.480 e. The number of nitrogens with zero attached hydrogens (tertiary/aromatic N) is 2. The lowest BCUT2D eigenvalue weighted by atomic mass is 10.1. The molecule has 3 rings (SSSR count). The van der Waals surface area contributed by atoms with Crippen LogP contribution in [0.15, 0.2) is 12.1 Å². The van der Waals surface area contributed by atoms with Crippen LogP contribution in [0.25, 0.3) is 0 Å². The Hall–Kier alpha value is -2.35. The third kappa shape index (κ3) is 2.96. The minimum absolute atomic E-state index is 0.0350. The Morgan fingerprint density at radius 3 is 3.05 bits per heavy atom. The maximum atomic E-state index is 11.9. The topological polar surface area (TPSA) is 101 Å². The number of ether oxygens (including phenoxy) is 2. The number of aliphatic hydroxyl groups excluding tert-OH is 1. The highest BCUT2D eigenvalue weighted by Crippen LogP contribution is 2.30. The summed E-state index contributed by atoms with van der Waals surface area (Å²) in [5.74, 6) is 0.933. The van der Waals surface area contributed by atoms with Gasteiger partial charge >= 0.3 is 6.09 Å². The van der Waals surface area contributed by atoms with Crippen molar-refractivity contribution in [1.29, 1.82) is 0 Å². The molecular weight excluding hydrogens is 290 g/mol. The summed E-state index contributed by atoms with van der Waals surface area (Å²) in [6.45, 7) is 0.508. The van der Waals surface area contributed by atoms with Crippen molar-refractivity contribution in [3.05, 3.63) is 12.1 Å². The van der Waals surface area contributed by atoms with E-state index in [1.54, 1.807) is 12.1 Å². The molecule has 3 heterocycles.